The van der Waals surface area contributed by atoms with Gasteiger partial charge in [0.05, 0.1) is 10.7 Å². The van der Waals surface area contributed by atoms with Crippen LogP contribution in [0.4, 0.5) is 27.8 Å². The van der Waals surface area contributed by atoms with Crippen molar-refractivity contribution in [1.29, 1.82) is 0 Å². The fourth-order valence-electron chi connectivity index (χ4n) is 11.1. The van der Waals surface area contributed by atoms with E-state index in [-0.39, 0.29) is 28.5 Å². The van der Waals surface area contributed by atoms with E-state index in [1.165, 1.54) is 117 Å². The van der Waals surface area contributed by atoms with Gasteiger partial charge in [0.25, 0.3) is 0 Å². The van der Waals surface area contributed by atoms with E-state index < -0.39 is 0 Å². The van der Waals surface area contributed by atoms with Crippen molar-refractivity contribution >= 4 is 66.9 Å². The Bertz CT molecular complexity index is 2890. The van der Waals surface area contributed by atoms with Crippen molar-refractivity contribution in [3.8, 4) is 22.3 Å². The van der Waals surface area contributed by atoms with Crippen LogP contribution in [-0.2, 0) is 21.7 Å². The maximum absolute atomic E-state index is 2.77. The molecular formula is C54H53BN2S. The Morgan fingerprint density at radius 3 is 2.02 bits per heavy atom. The Balaban J connectivity index is 1.31. The molecule has 6 aromatic carbocycles. The Morgan fingerprint density at radius 2 is 1.28 bits per heavy atom. The maximum Gasteiger partial charge on any atom is 0.334 e. The molecule has 4 heterocycles. The van der Waals surface area contributed by atoms with Crippen molar-refractivity contribution in [2.75, 3.05) is 9.71 Å². The summed E-state index contributed by atoms with van der Waals surface area (Å²) >= 11 is 2.00. The van der Waals surface area contributed by atoms with Gasteiger partial charge in [0, 0.05) is 38.3 Å². The van der Waals surface area contributed by atoms with Gasteiger partial charge >= 0.3 is 6.85 Å². The lowest BCUT2D eigenvalue weighted by molar-refractivity contribution is 0.332. The van der Waals surface area contributed by atoms with Gasteiger partial charge in [-0.25, -0.2) is 0 Å². The average Bonchev–Trinajstić information content (AvgIpc) is 3.57. The number of hydrogen-bond donors (Lipinski definition) is 0. The highest BCUT2D eigenvalue weighted by atomic mass is 32.1. The standard InChI is InChI=1S/C54H53BN2S/c1-32-27-37-35-19-16-21-40-49(35)57(44-22-15-14-20-39(44)54(40,9)10)55-47(37)45(28-32)56(43-24-23-34(51(2,3)4)29-36(43)33-17-12-11-13-18-33)50-48(55)38-30-41-42(31-46(38)58-50)53(7,8)26-25-52(41,5)6/h11-24,27-31H,25-26H2,1-10H3. The summed E-state index contributed by atoms with van der Waals surface area (Å²) < 4.78 is 1.39. The molecule has 4 aliphatic rings. The second-order valence-corrected chi connectivity index (χ2v) is 21.6. The highest BCUT2D eigenvalue weighted by Crippen LogP contribution is 2.58. The number of aryl methyl sites for hydroxylation is 1. The molecule has 0 unspecified atom stereocenters. The van der Waals surface area contributed by atoms with Crippen LogP contribution in [0.5, 0.6) is 0 Å². The van der Waals surface area contributed by atoms with Crippen LogP contribution in [0.1, 0.15) is 109 Å². The SMILES string of the molecule is Cc1cc2c3c(c1)N(c1ccc(C(C)(C)C)cc1-c1ccccc1)c1sc4cc5c(cc4c1B3N1c3ccccc3C(C)(C)c3cccc-2c31)C(C)(C)CCC5(C)C. The van der Waals surface area contributed by atoms with Gasteiger partial charge in [-0.1, -0.05) is 141 Å². The molecule has 0 amide bonds. The number of hydrogen-bond acceptors (Lipinski definition) is 3. The molecule has 0 fully saturated rings. The van der Waals surface area contributed by atoms with E-state index in [0.29, 0.717) is 0 Å². The molecule has 4 heteroatoms. The minimum absolute atomic E-state index is 0.00304. The number of rotatable bonds is 2. The van der Waals surface area contributed by atoms with Gasteiger partial charge in [0.2, 0.25) is 0 Å². The molecule has 1 aromatic heterocycles. The van der Waals surface area contributed by atoms with E-state index in [2.05, 4.69) is 194 Å². The fourth-order valence-corrected chi connectivity index (χ4v) is 12.4. The quantitative estimate of drug-likeness (QED) is 0.162. The lowest BCUT2D eigenvalue weighted by atomic mass is 9.42. The van der Waals surface area contributed by atoms with Gasteiger partial charge in [-0.3, -0.25) is 0 Å². The first-order chi connectivity index (χ1) is 27.6. The summed E-state index contributed by atoms with van der Waals surface area (Å²) in [5, 5.41) is 2.75. The fraction of sp³-hybridized carbons (Fsp3) is 0.296. The summed E-state index contributed by atoms with van der Waals surface area (Å²) in [5.74, 6) is 0. The molecule has 7 aromatic rings. The topological polar surface area (TPSA) is 6.48 Å². The van der Waals surface area contributed by atoms with E-state index in [1.807, 2.05) is 11.3 Å². The highest BCUT2D eigenvalue weighted by molar-refractivity contribution is 7.26. The van der Waals surface area contributed by atoms with Crippen LogP contribution in [0.25, 0.3) is 32.3 Å². The second kappa shape index (κ2) is 11.8. The summed E-state index contributed by atoms with van der Waals surface area (Å²) in [5.41, 5.74) is 21.9. The van der Waals surface area contributed by atoms with Crippen LogP contribution in [0.3, 0.4) is 0 Å². The van der Waals surface area contributed by atoms with Crippen molar-refractivity contribution < 1.29 is 0 Å². The molecule has 0 saturated carbocycles. The number of nitrogens with zero attached hydrogens (tertiary/aromatic N) is 2. The molecule has 2 nitrogen and oxygen atoms in total. The van der Waals surface area contributed by atoms with Gasteiger partial charge in [-0.15, -0.1) is 11.3 Å². The van der Waals surface area contributed by atoms with Gasteiger partial charge in [0.1, 0.15) is 0 Å². The zero-order chi connectivity index (χ0) is 40.3. The van der Waals surface area contributed by atoms with Crippen LogP contribution in [0.15, 0.2) is 115 Å². The predicted octanol–water partition coefficient (Wildman–Crippen LogP) is 13.9. The van der Waals surface area contributed by atoms with E-state index in [0.717, 1.165) is 0 Å². The van der Waals surface area contributed by atoms with E-state index >= 15 is 0 Å². The summed E-state index contributed by atoms with van der Waals surface area (Å²) in [6.45, 7) is 24.0. The van der Waals surface area contributed by atoms with Crippen LogP contribution in [0, 0.1) is 6.92 Å². The van der Waals surface area contributed by atoms with Crippen molar-refractivity contribution in [3.63, 3.8) is 0 Å². The van der Waals surface area contributed by atoms with Crippen molar-refractivity contribution in [1.82, 2.24) is 0 Å². The Hall–Kier alpha value is -5.06. The molecule has 288 valence electrons. The van der Waals surface area contributed by atoms with Crippen LogP contribution < -0.4 is 20.6 Å². The van der Waals surface area contributed by atoms with Crippen LogP contribution in [0.2, 0.25) is 0 Å². The zero-order valence-electron chi connectivity index (χ0n) is 35.8. The Morgan fingerprint density at radius 1 is 0.586 bits per heavy atom. The number of para-hydroxylation sites is 2. The smallest absolute Gasteiger partial charge is 0.334 e. The third-order valence-electron chi connectivity index (χ3n) is 14.5. The van der Waals surface area contributed by atoms with Crippen LogP contribution >= 0.6 is 11.3 Å². The average molecular weight is 773 g/mol. The summed E-state index contributed by atoms with van der Waals surface area (Å²) in [6, 6.07) is 45.0. The Kier molecular flexibility index (Phi) is 7.33. The number of anilines is 5. The minimum atomic E-state index is -0.142. The van der Waals surface area contributed by atoms with Crippen LogP contribution in [-0.4, -0.2) is 6.85 Å². The first-order valence-corrected chi connectivity index (χ1v) is 22.2. The largest absolute Gasteiger partial charge is 0.376 e. The minimum Gasteiger partial charge on any atom is -0.376 e. The predicted molar refractivity (Wildman–Crippen MR) is 252 cm³/mol. The molecule has 3 aliphatic heterocycles. The van der Waals surface area contributed by atoms with E-state index in [1.54, 1.807) is 0 Å². The second-order valence-electron chi connectivity index (χ2n) is 20.5. The molecule has 0 spiro atoms. The molecule has 0 atom stereocenters. The monoisotopic (exact) mass is 772 g/mol. The molecule has 0 radical (unpaired) electrons. The molecule has 11 rings (SSSR count). The van der Waals surface area contributed by atoms with Crippen molar-refractivity contribution in [2.45, 2.75) is 104 Å². The van der Waals surface area contributed by atoms with Gasteiger partial charge in [0.15, 0.2) is 0 Å². The molecule has 58 heavy (non-hydrogen) atoms. The molecule has 0 bridgehead atoms. The van der Waals surface area contributed by atoms with Crippen molar-refractivity contribution in [3.05, 3.63) is 149 Å². The lowest BCUT2D eigenvalue weighted by Crippen LogP contribution is -2.62. The number of thiophene rings is 1. The number of benzene rings is 6. The van der Waals surface area contributed by atoms with Gasteiger partial charge < -0.3 is 9.71 Å². The molecule has 0 N–H and O–H groups in total. The molecule has 1 aliphatic carbocycles. The Labute approximate surface area is 349 Å². The first-order valence-electron chi connectivity index (χ1n) is 21.3. The van der Waals surface area contributed by atoms with E-state index in [4.69, 9.17) is 0 Å². The molecular weight excluding hydrogens is 719 g/mol. The van der Waals surface area contributed by atoms with Crippen molar-refractivity contribution in [2.24, 2.45) is 0 Å². The lowest BCUT2D eigenvalue weighted by Gasteiger charge is -2.51. The number of fused-ring (bicyclic) bond motifs is 9. The normalized spacial score (nSPS) is 17.7. The summed E-state index contributed by atoms with van der Waals surface area (Å²) in [4.78, 5) is 5.45. The summed E-state index contributed by atoms with van der Waals surface area (Å²) in [7, 11) is 0. The maximum atomic E-state index is 2.77. The third-order valence-corrected chi connectivity index (χ3v) is 15.7. The third kappa shape index (κ3) is 4.85. The summed E-state index contributed by atoms with van der Waals surface area (Å²) in [6.07, 6.45) is 2.39. The highest BCUT2D eigenvalue weighted by Gasteiger charge is 2.52. The first kappa shape index (κ1) is 36.1. The molecule has 0 saturated heterocycles. The van der Waals surface area contributed by atoms with E-state index in [9.17, 15) is 0 Å². The van der Waals surface area contributed by atoms with Gasteiger partial charge in [-0.2, -0.15) is 0 Å². The zero-order valence-corrected chi connectivity index (χ0v) is 36.6. The van der Waals surface area contributed by atoms with Gasteiger partial charge in [-0.05, 0) is 133 Å².